The standard InChI is InChI=1S/C24H19ClN2O2S/c1-28-20-13-8-16(14-21(20)29-2)15-26-24-27-22(17-9-11-19(25)12-10-17)23(30-24)18-6-4-3-5-7-18/h3-15H,1-2H3. The monoisotopic (exact) mass is 434 g/mol. The molecule has 0 aliphatic heterocycles. The van der Waals surface area contributed by atoms with E-state index >= 15 is 0 Å². The van der Waals surface area contributed by atoms with Gasteiger partial charge >= 0.3 is 0 Å². The van der Waals surface area contributed by atoms with Crippen molar-refractivity contribution in [2.24, 2.45) is 4.99 Å². The van der Waals surface area contributed by atoms with Crippen LogP contribution in [0.2, 0.25) is 5.02 Å². The Balaban J connectivity index is 1.72. The van der Waals surface area contributed by atoms with E-state index in [1.54, 1.807) is 31.8 Å². The van der Waals surface area contributed by atoms with Crippen molar-refractivity contribution in [2.45, 2.75) is 0 Å². The average molecular weight is 435 g/mol. The summed E-state index contributed by atoms with van der Waals surface area (Å²) in [6, 6.07) is 23.6. The molecule has 0 N–H and O–H groups in total. The highest BCUT2D eigenvalue weighted by atomic mass is 35.5. The molecule has 0 atom stereocenters. The highest BCUT2D eigenvalue weighted by Gasteiger charge is 2.14. The Kier molecular flexibility index (Phi) is 6.12. The van der Waals surface area contributed by atoms with Gasteiger partial charge in [-0.05, 0) is 41.5 Å². The zero-order chi connectivity index (χ0) is 20.9. The maximum absolute atomic E-state index is 6.06. The molecule has 0 aliphatic rings. The SMILES string of the molecule is COc1ccc(C=Nc2nc(-c3ccc(Cl)cc3)c(-c3ccccc3)s2)cc1OC. The maximum atomic E-state index is 6.06. The van der Waals surface area contributed by atoms with Crippen LogP contribution >= 0.6 is 22.9 Å². The predicted octanol–water partition coefficient (Wildman–Crippen LogP) is 6.90. The van der Waals surface area contributed by atoms with Gasteiger partial charge in [-0.2, -0.15) is 0 Å². The van der Waals surface area contributed by atoms with Crippen molar-refractivity contribution in [3.63, 3.8) is 0 Å². The number of nitrogens with zero attached hydrogens (tertiary/aromatic N) is 2. The summed E-state index contributed by atoms with van der Waals surface area (Å²) in [4.78, 5) is 10.5. The number of ether oxygens (including phenoxy) is 2. The molecule has 4 rings (SSSR count). The van der Waals surface area contributed by atoms with Crippen molar-refractivity contribution < 1.29 is 9.47 Å². The highest BCUT2D eigenvalue weighted by molar-refractivity contribution is 7.19. The molecule has 0 spiro atoms. The van der Waals surface area contributed by atoms with E-state index in [0.29, 0.717) is 21.7 Å². The number of hydrogen-bond donors (Lipinski definition) is 0. The quantitative estimate of drug-likeness (QED) is 0.310. The first-order chi connectivity index (χ1) is 14.7. The third-order valence-electron chi connectivity index (χ3n) is 4.50. The molecule has 0 fully saturated rings. The van der Waals surface area contributed by atoms with Gasteiger partial charge in [0.1, 0.15) is 0 Å². The van der Waals surface area contributed by atoms with E-state index in [1.165, 1.54) is 0 Å². The fraction of sp³-hybridized carbons (Fsp3) is 0.0833. The van der Waals surface area contributed by atoms with Crippen LogP contribution in [0.15, 0.2) is 77.8 Å². The number of rotatable bonds is 6. The Morgan fingerprint density at radius 3 is 2.30 bits per heavy atom. The molecule has 150 valence electrons. The summed E-state index contributed by atoms with van der Waals surface area (Å²) in [5.74, 6) is 1.34. The Morgan fingerprint density at radius 2 is 1.60 bits per heavy atom. The lowest BCUT2D eigenvalue weighted by molar-refractivity contribution is 0.355. The van der Waals surface area contributed by atoms with Gasteiger partial charge in [0.25, 0.3) is 0 Å². The van der Waals surface area contributed by atoms with Crippen LogP contribution in [0.1, 0.15) is 5.56 Å². The Morgan fingerprint density at radius 1 is 0.867 bits per heavy atom. The Hall–Kier alpha value is -3.15. The lowest BCUT2D eigenvalue weighted by Crippen LogP contribution is -1.91. The van der Waals surface area contributed by atoms with E-state index in [0.717, 1.165) is 27.3 Å². The molecule has 6 heteroatoms. The molecule has 0 bridgehead atoms. The van der Waals surface area contributed by atoms with E-state index in [2.05, 4.69) is 17.1 Å². The zero-order valence-corrected chi connectivity index (χ0v) is 18.1. The molecule has 0 radical (unpaired) electrons. The molecular formula is C24H19ClN2O2S. The van der Waals surface area contributed by atoms with E-state index in [9.17, 15) is 0 Å². The van der Waals surface area contributed by atoms with E-state index < -0.39 is 0 Å². The molecule has 1 aromatic heterocycles. The number of aromatic nitrogens is 1. The van der Waals surface area contributed by atoms with Gasteiger partial charge < -0.3 is 9.47 Å². The Labute approximate surface area is 184 Å². The van der Waals surface area contributed by atoms with Crippen LogP contribution in [0.4, 0.5) is 5.13 Å². The van der Waals surface area contributed by atoms with Gasteiger partial charge in [-0.3, -0.25) is 0 Å². The van der Waals surface area contributed by atoms with Gasteiger partial charge in [0.15, 0.2) is 11.5 Å². The van der Waals surface area contributed by atoms with Crippen LogP contribution in [0.5, 0.6) is 11.5 Å². The fourth-order valence-corrected chi connectivity index (χ4v) is 4.08. The van der Waals surface area contributed by atoms with Gasteiger partial charge in [0.2, 0.25) is 5.13 Å². The fourth-order valence-electron chi connectivity index (χ4n) is 3.02. The molecule has 0 saturated heterocycles. The predicted molar refractivity (Wildman–Crippen MR) is 125 cm³/mol. The van der Waals surface area contributed by atoms with Crippen molar-refractivity contribution in [1.29, 1.82) is 0 Å². The number of aliphatic imine (C=N–C) groups is 1. The normalized spacial score (nSPS) is 11.0. The smallest absolute Gasteiger partial charge is 0.210 e. The molecule has 1 heterocycles. The molecule has 0 unspecified atom stereocenters. The van der Waals surface area contributed by atoms with Crippen LogP contribution in [0.3, 0.4) is 0 Å². The number of halogens is 1. The molecule has 4 aromatic rings. The first-order valence-electron chi connectivity index (χ1n) is 9.26. The van der Waals surface area contributed by atoms with Crippen LogP contribution in [-0.2, 0) is 0 Å². The summed E-state index contributed by atoms with van der Waals surface area (Å²) in [6.07, 6.45) is 1.78. The molecule has 0 saturated carbocycles. The zero-order valence-electron chi connectivity index (χ0n) is 16.5. The largest absolute Gasteiger partial charge is 0.493 e. The molecule has 30 heavy (non-hydrogen) atoms. The average Bonchev–Trinajstić information content (AvgIpc) is 3.23. The number of methoxy groups -OCH3 is 2. The van der Waals surface area contributed by atoms with Crippen molar-refractivity contribution in [1.82, 2.24) is 4.98 Å². The second-order valence-corrected chi connectivity index (χ2v) is 7.83. The van der Waals surface area contributed by atoms with Crippen molar-refractivity contribution in [3.8, 4) is 33.2 Å². The summed E-state index contributed by atoms with van der Waals surface area (Å²) >= 11 is 7.62. The summed E-state index contributed by atoms with van der Waals surface area (Å²) < 4.78 is 10.7. The third kappa shape index (κ3) is 4.37. The summed E-state index contributed by atoms with van der Waals surface area (Å²) in [7, 11) is 3.23. The topological polar surface area (TPSA) is 43.7 Å². The van der Waals surface area contributed by atoms with Crippen LogP contribution in [-0.4, -0.2) is 25.4 Å². The van der Waals surface area contributed by atoms with E-state index in [1.807, 2.05) is 60.7 Å². The van der Waals surface area contributed by atoms with Crippen LogP contribution < -0.4 is 9.47 Å². The van der Waals surface area contributed by atoms with Gasteiger partial charge in [-0.15, -0.1) is 0 Å². The maximum Gasteiger partial charge on any atom is 0.210 e. The molecule has 3 aromatic carbocycles. The molecule has 0 amide bonds. The second kappa shape index (κ2) is 9.11. The molecule has 4 nitrogen and oxygen atoms in total. The number of hydrogen-bond acceptors (Lipinski definition) is 5. The molecule has 0 aliphatic carbocycles. The van der Waals surface area contributed by atoms with Crippen LogP contribution in [0, 0.1) is 0 Å². The minimum Gasteiger partial charge on any atom is -0.493 e. The van der Waals surface area contributed by atoms with Gasteiger partial charge in [0.05, 0.1) is 24.8 Å². The summed E-state index contributed by atoms with van der Waals surface area (Å²) in [6.45, 7) is 0. The van der Waals surface area contributed by atoms with Gasteiger partial charge in [-0.25, -0.2) is 9.98 Å². The van der Waals surface area contributed by atoms with Crippen molar-refractivity contribution in [2.75, 3.05) is 14.2 Å². The van der Waals surface area contributed by atoms with Crippen molar-refractivity contribution in [3.05, 3.63) is 83.4 Å². The van der Waals surface area contributed by atoms with Gasteiger partial charge in [-0.1, -0.05) is 65.4 Å². The third-order valence-corrected chi connectivity index (χ3v) is 5.77. The molecular weight excluding hydrogens is 416 g/mol. The van der Waals surface area contributed by atoms with Gasteiger partial charge in [0, 0.05) is 16.8 Å². The first kappa shape index (κ1) is 20.1. The van der Waals surface area contributed by atoms with Crippen LogP contribution in [0.25, 0.3) is 21.7 Å². The lowest BCUT2D eigenvalue weighted by atomic mass is 10.1. The summed E-state index contributed by atoms with van der Waals surface area (Å²) in [5.41, 5.74) is 3.90. The van der Waals surface area contributed by atoms with E-state index in [4.69, 9.17) is 26.1 Å². The first-order valence-corrected chi connectivity index (χ1v) is 10.5. The lowest BCUT2D eigenvalue weighted by Gasteiger charge is -2.07. The number of thiazole rings is 1. The van der Waals surface area contributed by atoms with Crippen molar-refractivity contribution >= 4 is 34.3 Å². The highest BCUT2D eigenvalue weighted by Crippen LogP contribution is 2.40. The Bertz CT molecular complexity index is 1170. The minimum atomic E-state index is 0.660. The van der Waals surface area contributed by atoms with E-state index in [-0.39, 0.29) is 0 Å². The second-order valence-electron chi connectivity index (χ2n) is 6.42. The number of benzene rings is 3. The minimum absolute atomic E-state index is 0.660. The summed E-state index contributed by atoms with van der Waals surface area (Å²) in [5, 5.41) is 1.37.